The normalized spacial score (nSPS) is 25.0. The quantitative estimate of drug-likeness (QED) is 0.814. The highest BCUT2D eigenvalue weighted by Crippen LogP contribution is 2.37. The van der Waals surface area contributed by atoms with Crippen molar-refractivity contribution in [1.29, 1.82) is 0 Å². The SMILES string of the molecule is CN(C(=O)C1CCOc2c(F)cccc21)C1CCC(NC(=O)CCl)CC1. The fourth-order valence-electron chi connectivity index (χ4n) is 3.94. The molecule has 3 rings (SSSR count). The van der Waals surface area contributed by atoms with E-state index in [9.17, 15) is 14.0 Å². The Hall–Kier alpha value is -1.82. The molecular formula is C19H24ClFN2O3. The van der Waals surface area contributed by atoms with Crippen molar-refractivity contribution in [2.24, 2.45) is 0 Å². The zero-order valence-corrected chi connectivity index (χ0v) is 15.6. The molecule has 1 saturated carbocycles. The van der Waals surface area contributed by atoms with Crippen LogP contribution in [0.4, 0.5) is 4.39 Å². The molecule has 0 saturated heterocycles. The predicted molar refractivity (Wildman–Crippen MR) is 96.9 cm³/mol. The third-order valence-corrected chi connectivity index (χ3v) is 5.65. The van der Waals surface area contributed by atoms with Crippen LogP contribution in [0.15, 0.2) is 18.2 Å². The van der Waals surface area contributed by atoms with Crippen molar-refractivity contribution in [3.63, 3.8) is 0 Å². The summed E-state index contributed by atoms with van der Waals surface area (Å²) in [4.78, 5) is 26.2. The standard InChI is InChI=1S/C19H24ClFN2O3/c1-23(13-7-5-12(6-8-13)22-17(24)11-20)19(25)15-9-10-26-18-14(15)3-2-4-16(18)21/h2-4,12-13,15H,5-11H2,1H3,(H,22,24). The molecule has 1 aromatic carbocycles. The third kappa shape index (κ3) is 3.95. The van der Waals surface area contributed by atoms with Gasteiger partial charge < -0.3 is 15.0 Å². The highest BCUT2D eigenvalue weighted by molar-refractivity contribution is 6.27. The van der Waals surface area contributed by atoms with Crippen molar-refractivity contribution >= 4 is 23.4 Å². The summed E-state index contributed by atoms with van der Waals surface area (Å²) in [6.45, 7) is 0.343. The maximum absolute atomic E-state index is 13.9. The summed E-state index contributed by atoms with van der Waals surface area (Å²) in [6, 6.07) is 5.00. The molecule has 1 heterocycles. The van der Waals surface area contributed by atoms with Crippen LogP contribution < -0.4 is 10.1 Å². The van der Waals surface area contributed by atoms with Gasteiger partial charge in [0.2, 0.25) is 11.8 Å². The Morgan fingerprint density at radius 1 is 1.27 bits per heavy atom. The summed E-state index contributed by atoms with van der Waals surface area (Å²) >= 11 is 5.53. The summed E-state index contributed by atoms with van der Waals surface area (Å²) in [6.07, 6.45) is 3.86. The van der Waals surface area contributed by atoms with Gasteiger partial charge in [-0.15, -0.1) is 11.6 Å². The number of nitrogens with one attached hydrogen (secondary N) is 1. The number of benzene rings is 1. The fraction of sp³-hybridized carbons (Fsp3) is 0.579. The minimum Gasteiger partial charge on any atom is -0.490 e. The molecular weight excluding hydrogens is 359 g/mol. The van der Waals surface area contributed by atoms with Crippen LogP contribution in [0.5, 0.6) is 5.75 Å². The number of likely N-dealkylation sites (N-methyl/N-ethyl adjacent to an activating group) is 1. The van der Waals surface area contributed by atoms with Gasteiger partial charge >= 0.3 is 0 Å². The second kappa shape index (κ2) is 8.25. The first-order valence-electron chi connectivity index (χ1n) is 9.04. The molecule has 5 nitrogen and oxygen atoms in total. The Labute approximate surface area is 157 Å². The van der Waals surface area contributed by atoms with E-state index >= 15 is 0 Å². The first kappa shape index (κ1) is 19.0. The number of rotatable bonds is 4. The minimum absolute atomic E-state index is 0.00777. The number of hydrogen-bond acceptors (Lipinski definition) is 3. The molecule has 0 spiro atoms. The Balaban J connectivity index is 1.63. The third-order valence-electron chi connectivity index (χ3n) is 5.40. The summed E-state index contributed by atoms with van der Waals surface area (Å²) in [5, 5.41) is 2.91. The smallest absolute Gasteiger partial charge is 0.235 e. The lowest BCUT2D eigenvalue weighted by atomic mass is 9.87. The molecule has 1 aromatic rings. The molecule has 0 radical (unpaired) electrons. The van der Waals surface area contributed by atoms with Crippen LogP contribution in [0.3, 0.4) is 0 Å². The van der Waals surface area contributed by atoms with Gasteiger partial charge in [0.15, 0.2) is 11.6 Å². The number of para-hydroxylation sites is 1. The summed E-state index contributed by atoms with van der Waals surface area (Å²) in [5.41, 5.74) is 0.635. The van der Waals surface area contributed by atoms with E-state index in [1.165, 1.54) is 6.07 Å². The molecule has 1 fully saturated rings. The van der Waals surface area contributed by atoms with Gasteiger partial charge in [0.05, 0.1) is 12.5 Å². The highest BCUT2D eigenvalue weighted by Gasteiger charge is 2.35. The van der Waals surface area contributed by atoms with E-state index in [4.69, 9.17) is 16.3 Å². The van der Waals surface area contributed by atoms with Crippen LogP contribution in [0, 0.1) is 5.82 Å². The average Bonchev–Trinajstić information content (AvgIpc) is 2.67. The van der Waals surface area contributed by atoms with E-state index in [2.05, 4.69) is 5.32 Å². The second-order valence-corrected chi connectivity index (χ2v) is 7.27. The zero-order valence-electron chi connectivity index (χ0n) is 14.8. The highest BCUT2D eigenvalue weighted by atomic mass is 35.5. The van der Waals surface area contributed by atoms with Crippen LogP contribution in [0.25, 0.3) is 0 Å². The van der Waals surface area contributed by atoms with Crippen LogP contribution in [0.1, 0.15) is 43.6 Å². The maximum Gasteiger partial charge on any atom is 0.235 e. The number of fused-ring (bicyclic) bond motifs is 1. The van der Waals surface area contributed by atoms with E-state index in [0.717, 1.165) is 25.7 Å². The van der Waals surface area contributed by atoms with Gasteiger partial charge in [-0.05, 0) is 38.2 Å². The average molecular weight is 383 g/mol. The van der Waals surface area contributed by atoms with Gasteiger partial charge in [0.1, 0.15) is 5.88 Å². The molecule has 1 unspecified atom stereocenters. The number of carbonyl (C=O) groups excluding carboxylic acids is 2. The monoisotopic (exact) mass is 382 g/mol. The molecule has 7 heteroatoms. The van der Waals surface area contributed by atoms with Crippen molar-refractivity contribution in [1.82, 2.24) is 10.2 Å². The van der Waals surface area contributed by atoms with Gasteiger partial charge in [-0.3, -0.25) is 9.59 Å². The summed E-state index contributed by atoms with van der Waals surface area (Å²) in [7, 11) is 1.82. The Kier molecular flexibility index (Phi) is 6.01. The second-order valence-electron chi connectivity index (χ2n) is 7.00. The van der Waals surface area contributed by atoms with Gasteiger partial charge in [-0.25, -0.2) is 4.39 Å². The predicted octanol–water partition coefficient (Wildman–Crippen LogP) is 2.82. The molecule has 142 valence electrons. The fourth-order valence-corrected chi connectivity index (χ4v) is 4.02. The first-order chi connectivity index (χ1) is 12.5. The maximum atomic E-state index is 13.9. The van der Waals surface area contributed by atoms with E-state index in [-0.39, 0.29) is 41.4 Å². The first-order valence-corrected chi connectivity index (χ1v) is 9.58. The lowest BCUT2D eigenvalue weighted by molar-refractivity contribution is -0.135. The Morgan fingerprint density at radius 2 is 2.00 bits per heavy atom. The molecule has 26 heavy (non-hydrogen) atoms. The van der Waals surface area contributed by atoms with Gasteiger partial charge in [-0.1, -0.05) is 12.1 Å². The lowest BCUT2D eigenvalue weighted by Gasteiger charge is -2.37. The van der Waals surface area contributed by atoms with Crippen LogP contribution >= 0.6 is 11.6 Å². The molecule has 1 atom stereocenters. The number of halogens is 2. The van der Waals surface area contributed by atoms with E-state index in [1.807, 2.05) is 7.05 Å². The summed E-state index contributed by atoms with van der Waals surface area (Å²) < 4.78 is 19.4. The van der Waals surface area contributed by atoms with Crippen LogP contribution in [-0.4, -0.2) is 48.3 Å². The van der Waals surface area contributed by atoms with Crippen LogP contribution in [-0.2, 0) is 9.59 Å². The number of ether oxygens (including phenoxy) is 1. The molecule has 1 aliphatic heterocycles. The van der Waals surface area contributed by atoms with Crippen LogP contribution in [0.2, 0.25) is 0 Å². The van der Waals surface area contributed by atoms with E-state index < -0.39 is 5.82 Å². The number of alkyl halides is 1. The Bertz CT molecular complexity index is 677. The van der Waals surface area contributed by atoms with Crippen molar-refractivity contribution < 1.29 is 18.7 Å². The zero-order chi connectivity index (χ0) is 18.7. The van der Waals surface area contributed by atoms with Crippen molar-refractivity contribution in [3.05, 3.63) is 29.6 Å². The number of hydrogen-bond donors (Lipinski definition) is 1. The van der Waals surface area contributed by atoms with E-state index in [1.54, 1.807) is 17.0 Å². The van der Waals surface area contributed by atoms with Crippen molar-refractivity contribution in [2.75, 3.05) is 19.5 Å². The summed E-state index contributed by atoms with van der Waals surface area (Å²) in [5.74, 6) is -0.754. The number of nitrogens with zero attached hydrogens (tertiary/aromatic N) is 1. The molecule has 1 N–H and O–H groups in total. The molecule has 0 bridgehead atoms. The Morgan fingerprint density at radius 3 is 2.69 bits per heavy atom. The molecule has 1 aliphatic carbocycles. The van der Waals surface area contributed by atoms with Gasteiger partial charge in [-0.2, -0.15) is 0 Å². The van der Waals surface area contributed by atoms with Gasteiger partial charge in [0.25, 0.3) is 0 Å². The molecule has 2 aliphatic rings. The van der Waals surface area contributed by atoms with Crippen molar-refractivity contribution in [3.8, 4) is 5.75 Å². The number of amides is 2. The minimum atomic E-state index is -0.418. The largest absolute Gasteiger partial charge is 0.490 e. The van der Waals surface area contributed by atoms with Crippen molar-refractivity contribution in [2.45, 2.75) is 50.1 Å². The van der Waals surface area contributed by atoms with E-state index in [0.29, 0.717) is 18.6 Å². The number of carbonyl (C=O) groups is 2. The molecule has 0 aromatic heterocycles. The lowest BCUT2D eigenvalue weighted by Crippen LogP contribution is -2.46. The van der Waals surface area contributed by atoms with Gasteiger partial charge in [0, 0.05) is 24.7 Å². The topological polar surface area (TPSA) is 58.6 Å². The molecule has 2 amide bonds.